The van der Waals surface area contributed by atoms with E-state index in [9.17, 15) is 9.90 Å². The lowest BCUT2D eigenvalue weighted by molar-refractivity contribution is -0.277. The van der Waals surface area contributed by atoms with Crippen LogP contribution in [0, 0.1) is 17.2 Å². The largest absolute Gasteiger partial charge is 0.530 e. The number of halogens is 1. The van der Waals surface area contributed by atoms with E-state index in [1.807, 2.05) is 18.2 Å². The van der Waals surface area contributed by atoms with Gasteiger partial charge in [0.2, 0.25) is 0 Å². The summed E-state index contributed by atoms with van der Waals surface area (Å²) >= 11 is 0. The minimum atomic E-state index is -1.12. The molecule has 34 heavy (non-hydrogen) atoms. The van der Waals surface area contributed by atoms with Crippen LogP contribution in [0.25, 0.3) is 11.1 Å². The van der Waals surface area contributed by atoms with Gasteiger partial charge in [0.05, 0.1) is 6.04 Å². The Morgan fingerprint density at radius 1 is 1.18 bits per heavy atom. The zero-order valence-electron chi connectivity index (χ0n) is 20.6. The number of hydrogen-bond donors (Lipinski definition) is 0. The van der Waals surface area contributed by atoms with Crippen molar-refractivity contribution in [3.63, 3.8) is 0 Å². The number of benzene rings is 2. The van der Waals surface area contributed by atoms with E-state index in [-0.39, 0.29) is 17.3 Å². The van der Waals surface area contributed by atoms with Crippen LogP contribution >= 0.6 is 0 Å². The summed E-state index contributed by atoms with van der Waals surface area (Å²) in [6.07, 6.45) is 4.70. The molecule has 3 saturated heterocycles. The van der Waals surface area contributed by atoms with Crippen LogP contribution in [0.1, 0.15) is 69.2 Å². The van der Waals surface area contributed by atoms with E-state index >= 15 is 4.39 Å². The van der Waals surface area contributed by atoms with Gasteiger partial charge in [0.25, 0.3) is 0 Å². The van der Waals surface area contributed by atoms with Crippen LogP contribution in [-0.2, 0) is 12.8 Å². The highest BCUT2D eigenvalue weighted by Crippen LogP contribution is 2.50. The quantitative estimate of drug-likeness (QED) is 0.612. The number of carboxylic acid groups (broad SMARTS) is 1. The van der Waals surface area contributed by atoms with Crippen molar-refractivity contribution in [2.24, 2.45) is 11.3 Å². The molecule has 4 nitrogen and oxygen atoms in total. The minimum absolute atomic E-state index is 0.0865. The average Bonchev–Trinajstić information content (AvgIpc) is 2.82. The molecule has 1 aliphatic carbocycles. The first-order valence-electron chi connectivity index (χ1n) is 12.9. The molecule has 2 bridgehead atoms. The van der Waals surface area contributed by atoms with E-state index in [4.69, 9.17) is 0 Å². The molecule has 2 atom stereocenters. The Balaban J connectivity index is 1.54. The number of carbonyl (C=O) groups excluding carboxylic acids is 1. The zero-order valence-corrected chi connectivity index (χ0v) is 20.6. The molecule has 5 heteroatoms. The van der Waals surface area contributed by atoms with E-state index in [1.54, 1.807) is 11.0 Å². The van der Waals surface area contributed by atoms with Gasteiger partial charge in [-0.25, -0.2) is 4.39 Å². The predicted octanol–water partition coefficient (Wildman–Crippen LogP) is 5.20. The molecular formula is C29H36FN2O2-. The molecule has 3 heterocycles. The van der Waals surface area contributed by atoms with Crippen LogP contribution < -0.4 is 5.11 Å². The summed E-state index contributed by atoms with van der Waals surface area (Å²) < 4.78 is 15.6. The van der Waals surface area contributed by atoms with Crippen LogP contribution in [0.2, 0.25) is 0 Å². The Hall–Kier alpha value is -2.40. The molecule has 1 amide bonds. The van der Waals surface area contributed by atoms with Crippen LogP contribution in [-0.4, -0.2) is 41.6 Å². The second-order valence-electron chi connectivity index (χ2n) is 11.2. The topological polar surface area (TPSA) is 46.6 Å². The Kier molecular flexibility index (Phi) is 6.18. The third-order valence-electron chi connectivity index (χ3n) is 8.57. The van der Waals surface area contributed by atoms with Gasteiger partial charge in [0.15, 0.2) is 0 Å². The van der Waals surface area contributed by atoms with E-state index < -0.39 is 12.1 Å². The molecule has 0 N–H and O–H groups in total. The number of rotatable bonds is 5. The normalized spacial score (nSPS) is 27.3. The molecule has 0 unspecified atom stereocenters. The average molecular weight is 464 g/mol. The summed E-state index contributed by atoms with van der Waals surface area (Å²) in [4.78, 5) is 16.6. The van der Waals surface area contributed by atoms with Gasteiger partial charge in [-0.15, -0.1) is 0 Å². The number of piperidine rings is 3. The maximum absolute atomic E-state index is 15.6. The van der Waals surface area contributed by atoms with Gasteiger partial charge in [0, 0.05) is 18.2 Å². The summed E-state index contributed by atoms with van der Waals surface area (Å²) in [6, 6.07) is 11.3. The smallest absolute Gasteiger partial charge is 0.137 e. The highest BCUT2D eigenvalue weighted by atomic mass is 19.1. The summed E-state index contributed by atoms with van der Waals surface area (Å²) in [7, 11) is 0. The molecule has 0 saturated carbocycles. The van der Waals surface area contributed by atoms with Crippen LogP contribution in [0.15, 0.2) is 36.4 Å². The van der Waals surface area contributed by atoms with Crippen molar-refractivity contribution in [1.82, 2.24) is 9.80 Å². The van der Waals surface area contributed by atoms with Gasteiger partial charge < -0.3 is 19.7 Å². The van der Waals surface area contributed by atoms with E-state index in [0.29, 0.717) is 11.5 Å². The van der Waals surface area contributed by atoms with Gasteiger partial charge in [-0.05, 0) is 90.9 Å². The molecule has 0 aromatic heterocycles. The standard InChI is InChI=1S/C29H37FN2O2/c1-4-5-19-6-8-20(9-7-19)23-16-22-10-13-29(2,3)27(24(22)17-25(23)30)32(28(33)34)26-18-31-14-11-21(26)12-15-31/h6-9,16-17,21,26-27H,4-5,10-15,18H2,1-3H3,(H,33,34)/p-1/t26-,27+/m1/s1. The number of fused-ring (bicyclic) bond motifs is 4. The lowest BCUT2D eigenvalue weighted by Crippen LogP contribution is -2.63. The third kappa shape index (κ3) is 4.13. The van der Waals surface area contributed by atoms with Crippen LogP contribution in [0.4, 0.5) is 9.18 Å². The van der Waals surface area contributed by atoms with Crippen molar-refractivity contribution in [2.45, 2.75) is 71.4 Å². The second kappa shape index (κ2) is 8.99. The lowest BCUT2D eigenvalue weighted by Gasteiger charge is -2.56. The first kappa shape index (κ1) is 23.3. The van der Waals surface area contributed by atoms with E-state index in [0.717, 1.165) is 74.8 Å². The fourth-order valence-electron chi connectivity index (χ4n) is 6.69. The number of hydrogen-bond acceptors (Lipinski definition) is 3. The van der Waals surface area contributed by atoms with Gasteiger partial charge in [-0.3, -0.25) is 0 Å². The van der Waals surface area contributed by atoms with Gasteiger partial charge in [0.1, 0.15) is 11.9 Å². The molecule has 3 aliphatic heterocycles. The summed E-state index contributed by atoms with van der Waals surface area (Å²) in [5.41, 5.74) is 4.31. The Labute approximate surface area is 202 Å². The molecule has 0 radical (unpaired) electrons. The van der Waals surface area contributed by atoms with Crippen molar-refractivity contribution in [3.05, 3.63) is 58.9 Å². The number of amides is 1. The van der Waals surface area contributed by atoms with Crippen molar-refractivity contribution < 1.29 is 14.3 Å². The number of carbonyl (C=O) groups is 1. The molecule has 4 aliphatic rings. The first-order chi connectivity index (χ1) is 16.3. The third-order valence-corrected chi connectivity index (χ3v) is 8.57. The molecule has 2 aromatic carbocycles. The Morgan fingerprint density at radius 3 is 2.47 bits per heavy atom. The fourth-order valence-corrected chi connectivity index (χ4v) is 6.69. The minimum Gasteiger partial charge on any atom is -0.530 e. The van der Waals surface area contributed by atoms with Crippen LogP contribution in [0.3, 0.4) is 0 Å². The van der Waals surface area contributed by atoms with Crippen molar-refractivity contribution >= 4 is 6.09 Å². The Morgan fingerprint density at radius 2 is 1.88 bits per heavy atom. The fraction of sp³-hybridized carbons (Fsp3) is 0.552. The van der Waals surface area contributed by atoms with Crippen molar-refractivity contribution in [1.29, 1.82) is 0 Å². The van der Waals surface area contributed by atoms with E-state index in [2.05, 4.69) is 37.8 Å². The molecular weight excluding hydrogens is 427 g/mol. The predicted molar refractivity (Wildman–Crippen MR) is 131 cm³/mol. The Bertz CT molecular complexity index is 1060. The monoisotopic (exact) mass is 463 g/mol. The first-order valence-corrected chi connectivity index (χ1v) is 12.9. The molecule has 3 fully saturated rings. The summed E-state index contributed by atoms with van der Waals surface area (Å²) in [5.74, 6) is 0.0757. The summed E-state index contributed by atoms with van der Waals surface area (Å²) in [5, 5.41) is 12.6. The maximum Gasteiger partial charge on any atom is 0.137 e. The molecule has 2 aromatic rings. The highest BCUT2D eigenvalue weighted by Gasteiger charge is 2.46. The molecule has 6 rings (SSSR count). The van der Waals surface area contributed by atoms with Crippen molar-refractivity contribution in [3.8, 4) is 11.1 Å². The van der Waals surface area contributed by atoms with Crippen LogP contribution in [0.5, 0.6) is 0 Å². The zero-order chi connectivity index (χ0) is 24.0. The highest BCUT2D eigenvalue weighted by molar-refractivity contribution is 5.68. The van der Waals surface area contributed by atoms with Gasteiger partial charge in [-0.2, -0.15) is 0 Å². The van der Waals surface area contributed by atoms with E-state index in [1.165, 1.54) is 5.56 Å². The van der Waals surface area contributed by atoms with Gasteiger partial charge >= 0.3 is 0 Å². The van der Waals surface area contributed by atoms with Crippen molar-refractivity contribution in [2.75, 3.05) is 19.6 Å². The maximum atomic E-state index is 15.6. The number of nitrogens with zero attached hydrogens (tertiary/aromatic N) is 2. The summed E-state index contributed by atoms with van der Waals surface area (Å²) in [6.45, 7) is 9.24. The lowest BCUT2D eigenvalue weighted by atomic mass is 9.68. The SMILES string of the molecule is CCCc1ccc(-c2cc3c(cc2F)[C@H](N(C(=O)[O-])[C@@H]2CN4CCC2CC4)C(C)(C)CC3)cc1. The second-order valence-corrected chi connectivity index (χ2v) is 11.2. The van der Waals surface area contributed by atoms with Gasteiger partial charge in [-0.1, -0.05) is 51.5 Å². The molecule has 0 spiro atoms. The number of aryl methyl sites for hydroxylation is 2. The molecule has 182 valence electrons.